The number of anilines is 1. The molecule has 0 amide bonds. The van der Waals surface area contributed by atoms with Crippen molar-refractivity contribution in [2.75, 3.05) is 58.5 Å². The Balaban J connectivity index is 1.37. The first kappa shape index (κ1) is 24.2. The summed E-state index contributed by atoms with van der Waals surface area (Å²) in [5, 5.41) is 0. The van der Waals surface area contributed by atoms with E-state index in [1.54, 1.807) is 14.2 Å². The molecule has 1 aromatic heterocycles. The Morgan fingerprint density at radius 2 is 1.85 bits per heavy atom. The second-order valence-corrected chi connectivity index (χ2v) is 9.07. The van der Waals surface area contributed by atoms with Gasteiger partial charge in [0.1, 0.15) is 12.4 Å². The van der Waals surface area contributed by atoms with E-state index in [1.807, 2.05) is 13.1 Å². The summed E-state index contributed by atoms with van der Waals surface area (Å²) in [5.41, 5.74) is 8.34. The van der Waals surface area contributed by atoms with E-state index >= 15 is 0 Å². The van der Waals surface area contributed by atoms with Crippen molar-refractivity contribution >= 4 is 11.5 Å². The Morgan fingerprint density at radius 3 is 2.50 bits per heavy atom. The summed E-state index contributed by atoms with van der Waals surface area (Å²) in [5.74, 6) is 2.00. The minimum absolute atomic E-state index is 0.482. The smallest absolute Gasteiger partial charge is 0.228 e. The highest BCUT2D eigenvalue weighted by Gasteiger charge is 2.24. The highest BCUT2D eigenvalue weighted by Crippen LogP contribution is 2.35. The normalized spacial score (nSPS) is 16.9. The largest absolute Gasteiger partial charge is 0.489 e. The molecule has 0 aliphatic carbocycles. The van der Waals surface area contributed by atoms with Crippen LogP contribution in [-0.4, -0.2) is 68.4 Å². The topological polar surface area (TPSA) is 60.0 Å². The first-order valence-corrected chi connectivity index (χ1v) is 11.9. The van der Waals surface area contributed by atoms with Crippen molar-refractivity contribution in [1.82, 2.24) is 14.9 Å². The van der Waals surface area contributed by atoms with Gasteiger partial charge in [0.2, 0.25) is 11.8 Å². The van der Waals surface area contributed by atoms with Crippen LogP contribution in [0.2, 0.25) is 0 Å². The molecule has 2 aromatic rings. The summed E-state index contributed by atoms with van der Waals surface area (Å²) in [6, 6.07) is 4.48. The van der Waals surface area contributed by atoms with Crippen LogP contribution in [0.25, 0.3) is 5.57 Å². The van der Waals surface area contributed by atoms with Crippen molar-refractivity contribution in [3.63, 3.8) is 0 Å². The fourth-order valence-electron chi connectivity index (χ4n) is 4.72. The maximum absolute atomic E-state index is 5.61. The van der Waals surface area contributed by atoms with Crippen LogP contribution in [0.1, 0.15) is 34.7 Å². The van der Waals surface area contributed by atoms with Gasteiger partial charge in [-0.3, -0.25) is 4.90 Å². The molecule has 7 heteroatoms. The van der Waals surface area contributed by atoms with Gasteiger partial charge in [-0.05, 0) is 55.0 Å². The Bertz CT molecular complexity index is 1090. The van der Waals surface area contributed by atoms with Crippen molar-refractivity contribution in [1.29, 1.82) is 0 Å². The fraction of sp³-hybridized carbons (Fsp3) is 0.481. The molecule has 3 heterocycles. The lowest BCUT2D eigenvalue weighted by Crippen LogP contribution is -2.47. The maximum atomic E-state index is 5.61. The third kappa shape index (κ3) is 4.95. The number of nitrogens with zero attached hydrogens (tertiary/aromatic N) is 4. The summed E-state index contributed by atoms with van der Waals surface area (Å²) in [6.07, 6.45) is 2.90. The molecule has 0 atom stereocenters. The number of aryl methyl sites for hydroxylation is 1. The summed E-state index contributed by atoms with van der Waals surface area (Å²) < 4.78 is 16.6. The van der Waals surface area contributed by atoms with Crippen LogP contribution in [0, 0.1) is 13.8 Å². The van der Waals surface area contributed by atoms with Crippen LogP contribution in [-0.2, 0) is 22.5 Å². The quantitative estimate of drug-likeness (QED) is 0.587. The lowest BCUT2D eigenvalue weighted by Gasteiger charge is -2.35. The van der Waals surface area contributed by atoms with E-state index in [2.05, 4.69) is 47.3 Å². The van der Waals surface area contributed by atoms with Gasteiger partial charge < -0.3 is 19.1 Å². The first-order chi connectivity index (χ1) is 16.4. The van der Waals surface area contributed by atoms with E-state index < -0.39 is 0 Å². The van der Waals surface area contributed by atoms with Crippen LogP contribution in [0.4, 0.5) is 5.95 Å². The van der Waals surface area contributed by atoms with Crippen molar-refractivity contribution in [3.05, 3.63) is 64.1 Å². The van der Waals surface area contributed by atoms with Crippen LogP contribution in [0.3, 0.4) is 0 Å². The third-order valence-electron chi connectivity index (χ3n) is 7.11. The number of aromatic nitrogens is 2. The third-order valence-corrected chi connectivity index (χ3v) is 7.11. The van der Waals surface area contributed by atoms with E-state index in [0.29, 0.717) is 24.9 Å². The van der Waals surface area contributed by atoms with E-state index in [0.717, 1.165) is 61.8 Å². The summed E-state index contributed by atoms with van der Waals surface area (Å²) in [4.78, 5) is 14.2. The summed E-state index contributed by atoms with van der Waals surface area (Å²) in [6.45, 7) is 16.3. The number of methoxy groups -OCH3 is 2. The number of benzene rings is 1. The lowest BCUT2D eigenvalue weighted by molar-refractivity contribution is 0.183. The maximum Gasteiger partial charge on any atom is 0.228 e. The number of rotatable bonds is 8. The SMILES string of the molecule is C=C1OCC(c2cnc(N3CCN(CCc4ccc(C)c(COC)c4C)CC3)nc2OC)=C1C. The van der Waals surface area contributed by atoms with Gasteiger partial charge in [-0.1, -0.05) is 18.7 Å². The predicted octanol–water partition coefficient (Wildman–Crippen LogP) is 3.93. The van der Waals surface area contributed by atoms with Gasteiger partial charge in [0.15, 0.2) is 0 Å². The van der Waals surface area contributed by atoms with Crippen molar-refractivity contribution < 1.29 is 14.2 Å². The molecule has 1 fully saturated rings. The first-order valence-electron chi connectivity index (χ1n) is 11.9. The zero-order valence-corrected chi connectivity index (χ0v) is 21.1. The van der Waals surface area contributed by atoms with E-state index in [1.165, 1.54) is 22.3 Å². The average Bonchev–Trinajstić information content (AvgIpc) is 3.19. The second kappa shape index (κ2) is 10.6. The minimum Gasteiger partial charge on any atom is -0.489 e. The Morgan fingerprint density at radius 1 is 1.09 bits per heavy atom. The van der Waals surface area contributed by atoms with E-state index in [-0.39, 0.29) is 0 Å². The molecular formula is C27H36N4O3. The van der Waals surface area contributed by atoms with E-state index in [4.69, 9.17) is 19.2 Å². The monoisotopic (exact) mass is 464 g/mol. The molecular weight excluding hydrogens is 428 g/mol. The molecule has 1 saturated heterocycles. The van der Waals surface area contributed by atoms with Gasteiger partial charge in [-0.15, -0.1) is 0 Å². The zero-order chi connectivity index (χ0) is 24.2. The number of hydrogen-bond acceptors (Lipinski definition) is 7. The predicted molar refractivity (Wildman–Crippen MR) is 135 cm³/mol. The molecule has 0 spiro atoms. The minimum atomic E-state index is 0.482. The van der Waals surface area contributed by atoms with Crippen LogP contribution < -0.4 is 9.64 Å². The molecule has 2 aliphatic rings. The van der Waals surface area contributed by atoms with Crippen LogP contribution in [0.15, 0.2) is 36.2 Å². The molecule has 34 heavy (non-hydrogen) atoms. The molecule has 4 rings (SSSR count). The summed E-state index contributed by atoms with van der Waals surface area (Å²) in [7, 11) is 3.41. The van der Waals surface area contributed by atoms with Gasteiger partial charge in [0.05, 0.1) is 19.3 Å². The fourth-order valence-corrected chi connectivity index (χ4v) is 4.72. The Hall–Kier alpha value is -2.90. The van der Waals surface area contributed by atoms with Gasteiger partial charge in [-0.2, -0.15) is 4.98 Å². The zero-order valence-electron chi connectivity index (χ0n) is 21.1. The number of ether oxygens (including phenoxy) is 3. The lowest BCUT2D eigenvalue weighted by atomic mass is 9.96. The van der Waals surface area contributed by atoms with Crippen molar-refractivity contribution in [2.45, 2.75) is 33.8 Å². The molecule has 2 aliphatic heterocycles. The highest BCUT2D eigenvalue weighted by molar-refractivity contribution is 5.76. The van der Waals surface area contributed by atoms with Gasteiger partial charge in [0.25, 0.3) is 0 Å². The molecule has 0 radical (unpaired) electrons. The molecule has 0 N–H and O–H groups in total. The second-order valence-electron chi connectivity index (χ2n) is 9.07. The molecule has 0 unspecified atom stereocenters. The van der Waals surface area contributed by atoms with Crippen molar-refractivity contribution in [3.8, 4) is 5.88 Å². The molecule has 7 nitrogen and oxygen atoms in total. The van der Waals surface area contributed by atoms with Crippen LogP contribution in [0.5, 0.6) is 5.88 Å². The Kier molecular flexibility index (Phi) is 7.54. The molecule has 0 saturated carbocycles. The van der Waals surface area contributed by atoms with Gasteiger partial charge in [-0.25, -0.2) is 4.98 Å². The molecule has 182 valence electrons. The number of hydrogen-bond donors (Lipinski definition) is 0. The van der Waals surface area contributed by atoms with Gasteiger partial charge >= 0.3 is 0 Å². The highest BCUT2D eigenvalue weighted by atomic mass is 16.5. The standard InChI is InChI=1S/C27H36N4O3/c1-18-7-8-22(20(3)24(18)16-32-5)9-10-30-11-13-31(14-12-30)27-28-15-23(26(29-27)33-6)25-17-34-21(4)19(25)2/h7-8,15H,4,9-14,16-17H2,1-3,5-6H3. The number of allylic oxidation sites excluding steroid dienone is 1. The average molecular weight is 465 g/mol. The number of piperazine rings is 1. The van der Waals surface area contributed by atoms with Crippen LogP contribution >= 0.6 is 0 Å². The Labute approximate surface area is 203 Å². The summed E-state index contributed by atoms with van der Waals surface area (Å²) >= 11 is 0. The molecule has 1 aromatic carbocycles. The van der Waals surface area contributed by atoms with E-state index in [9.17, 15) is 0 Å². The molecule has 0 bridgehead atoms. The van der Waals surface area contributed by atoms with Gasteiger partial charge in [0, 0.05) is 51.6 Å². The van der Waals surface area contributed by atoms with Crippen molar-refractivity contribution in [2.24, 2.45) is 0 Å².